The van der Waals surface area contributed by atoms with Crippen molar-refractivity contribution in [3.63, 3.8) is 0 Å². The van der Waals surface area contributed by atoms with Crippen molar-refractivity contribution in [1.82, 2.24) is 5.32 Å². The van der Waals surface area contributed by atoms with Crippen molar-refractivity contribution >= 4 is 23.2 Å². The van der Waals surface area contributed by atoms with Gasteiger partial charge in [0.15, 0.2) is 0 Å². The van der Waals surface area contributed by atoms with E-state index in [-0.39, 0.29) is 17.7 Å². The van der Waals surface area contributed by atoms with Gasteiger partial charge in [0.2, 0.25) is 5.91 Å². The maximum Gasteiger partial charge on any atom is 0.307 e. The molecule has 0 unspecified atom stereocenters. The maximum atomic E-state index is 12.7. The molecule has 1 saturated carbocycles. The molecule has 0 aliphatic heterocycles. The van der Waals surface area contributed by atoms with Gasteiger partial charge in [-0.15, -0.1) is 11.3 Å². The Morgan fingerprint density at radius 1 is 1.19 bits per heavy atom. The summed E-state index contributed by atoms with van der Waals surface area (Å²) in [6.07, 6.45) is 4.68. The second-order valence-electron chi connectivity index (χ2n) is 7.03. The van der Waals surface area contributed by atoms with Gasteiger partial charge in [-0.1, -0.05) is 30.4 Å². The van der Waals surface area contributed by atoms with E-state index in [0.717, 1.165) is 22.4 Å². The van der Waals surface area contributed by atoms with Gasteiger partial charge in [-0.05, 0) is 47.6 Å². The summed E-state index contributed by atoms with van der Waals surface area (Å²) in [4.78, 5) is 25.9. The minimum atomic E-state index is -0.889. The number of benzene rings is 1. The molecule has 1 aromatic carbocycles. The molecule has 2 aliphatic rings. The van der Waals surface area contributed by atoms with Crippen molar-refractivity contribution in [3.8, 4) is 16.5 Å². The molecule has 4 rings (SSSR count). The molecule has 1 aromatic heterocycles. The van der Waals surface area contributed by atoms with Crippen LogP contribution in [-0.2, 0) is 16.1 Å². The van der Waals surface area contributed by atoms with E-state index in [1.165, 1.54) is 11.3 Å². The van der Waals surface area contributed by atoms with Crippen LogP contribution in [0.1, 0.15) is 16.9 Å². The molecule has 1 amide bonds. The number of thiophene rings is 1. The van der Waals surface area contributed by atoms with Gasteiger partial charge in [0.25, 0.3) is 0 Å². The first kappa shape index (κ1) is 17.5. The van der Waals surface area contributed by atoms with Gasteiger partial charge in [0.05, 0.1) is 11.8 Å². The lowest BCUT2D eigenvalue weighted by atomic mass is 9.82. The van der Waals surface area contributed by atoms with Crippen LogP contribution in [-0.4, -0.2) is 17.0 Å². The highest BCUT2D eigenvalue weighted by Gasteiger charge is 2.51. The van der Waals surface area contributed by atoms with Crippen LogP contribution in [0.5, 0.6) is 0 Å². The summed E-state index contributed by atoms with van der Waals surface area (Å²) < 4.78 is 0. The van der Waals surface area contributed by atoms with Crippen LogP contribution in [0.4, 0.5) is 0 Å². The SMILES string of the molecule is N#Cc1ccc(-c2cccc(CNC(=O)[C@@H]3[C@H](C(=O)O)[C@H]4C=C[C@H]3C4)c2)s1. The number of hydrogen-bond acceptors (Lipinski definition) is 4. The van der Waals surface area contributed by atoms with Gasteiger partial charge in [-0.2, -0.15) is 5.26 Å². The van der Waals surface area contributed by atoms with Crippen LogP contribution in [0.3, 0.4) is 0 Å². The van der Waals surface area contributed by atoms with Gasteiger partial charge < -0.3 is 10.4 Å². The lowest BCUT2D eigenvalue weighted by Crippen LogP contribution is -2.39. The van der Waals surface area contributed by atoms with E-state index in [9.17, 15) is 14.7 Å². The lowest BCUT2D eigenvalue weighted by Gasteiger charge is -2.23. The van der Waals surface area contributed by atoms with Gasteiger partial charge in [0.1, 0.15) is 10.9 Å². The minimum absolute atomic E-state index is 0.0259. The third kappa shape index (κ3) is 3.26. The van der Waals surface area contributed by atoms with E-state index in [1.807, 2.05) is 42.5 Å². The molecular formula is C21H18N2O3S. The van der Waals surface area contributed by atoms with Crippen LogP contribution in [0.25, 0.3) is 10.4 Å². The predicted octanol–water partition coefficient (Wildman–Crippen LogP) is 3.43. The Balaban J connectivity index is 1.45. The van der Waals surface area contributed by atoms with Crippen LogP contribution in [0.2, 0.25) is 0 Å². The summed E-state index contributed by atoms with van der Waals surface area (Å²) in [7, 11) is 0. The monoisotopic (exact) mass is 378 g/mol. The number of amides is 1. The standard InChI is InChI=1S/C21H18N2O3S/c22-10-16-6-7-17(27-16)13-3-1-2-12(8-13)11-23-20(24)18-14-4-5-15(9-14)19(18)21(25)26/h1-8,14-15,18-19H,9,11H2,(H,23,24)(H,25,26)/t14-,15-,18-,19+/m0/s1. The number of fused-ring (bicyclic) bond motifs is 2. The van der Waals surface area contributed by atoms with Gasteiger partial charge >= 0.3 is 5.97 Å². The molecule has 2 bridgehead atoms. The highest BCUT2D eigenvalue weighted by molar-refractivity contribution is 7.16. The van der Waals surface area contributed by atoms with Crippen molar-refractivity contribution in [2.24, 2.45) is 23.7 Å². The average molecular weight is 378 g/mol. The Bertz CT molecular complexity index is 972. The first-order chi connectivity index (χ1) is 13.1. The third-order valence-electron chi connectivity index (χ3n) is 5.44. The Hall–Kier alpha value is -2.91. The number of hydrogen-bond donors (Lipinski definition) is 2. The Morgan fingerprint density at radius 2 is 1.96 bits per heavy atom. The first-order valence-electron chi connectivity index (χ1n) is 8.85. The molecule has 2 aliphatic carbocycles. The number of carbonyl (C=O) groups is 2. The number of carboxylic acids is 1. The molecule has 0 radical (unpaired) electrons. The molecule has 136 valence electrons. The van der Waals surface area contributed by atoms with Crippen LogP contribution >= 0.6 is 11.3 Å². The highest BCUT2D eigenvalue weighted by Crippen LogP contribution is 2.48. The van der Waals surface area contributed by atoms with Gasteiger partial charge in [-0.3, -0.25) is 9.59 Å². The van der Waals surface area contributed by atoms with Crippen LogP contribution < -0.4 is 5.32 Å². The Kier molecular flexibility index (Phi) is 4.54. The minimum Gasteiger partial charge on any atom is -0.481 e. The summed E-state index contributed by atoms with van der Waals surface area (Å²) in [6, 6.07) is 13.7. The molecular weight excluding hydrogens is 360 g/mol. The Morgan fingerprint density at radius 3 is 2.67 bits per heavy atom. The quantitative estimate of drug-likeness (QED) is 0.780. The van der Waals surface area contributed by atoms with E-state index < -0.39 is 17.8 Å². The Labute approximate surface area is 161 Å². The fraction of sp³-hybridized carbons (Fsp3) is 0.286. The molecule has 27 heavy (non-hydrogen) atoms. The highest BCUT2D eigenvalue weighted by atomic mass is 32.1. The number of nitriles is 1. The molecule has 6 heteroatoms. The normalized spacial score (nSPS) is 25.3. The number of rotatable bonds is 5. The molecule has 1 heterocycles. The van der Waals surface area contributed by atoms with Crippen molar-refractivity contribution < 1.29 is 14.7 Å². The summed E-state index contributed by atoms with van der Waals surface area (Å²) >= 11 is 1.43. The summed E-state index contributed by atoms with van der Waals surface area (Å²) in [5, 5.41) is 21.4. The zero-order chi connectivity index (χ0) is 19.0. The van der Waals surface area contributed by atoms with E-state index in [2.05, 4.69) is 11.4 Å². The van der Waals surface area contributed by atoms with Crippen molar-refractivity contribution in [2.45, 2.75) is 13.0 Å². The second kappa shape index (κ2) is 7.01. The fourth-order valence-electron chi connectivity index (χ4n) is 4.21. The summed E-state index contributed by atoms with van der Waals surface area (Å²) in [6.45, 7) is 0.354. The van der Waals surface area contributed by atoms with Crippen molar-refractivity contribution in [3.05, 3.63) is 59.0 Å². The molecule has 2 N–H and O–H groups in total. The largest absolute Gasteiger partial charge is 0.481 e. The number of nitrogens with one attached hydrogen (secondary N) is 1. The third-order valence-corrected chi connectivity index (χ3v) is 6.48. The summed E-state index contributed by atoms with van der Waals surface area (Å²) in [5.74, 6) is -2.19. The fourth-order valence-corrected chi connectivity index (χ4v) is 5.01. The number of allylic oxidation sites excluding steroid dienone is 2. The summed E-state index contributed by atoms with van der Waals surface area (Å²) in [5.41, 5.74) is 1.94. The number of carbonyl (C=O) groups excluding carboxylic acids is 1. The van der Waals surface area contributed by atoms with Crippen molar-refractivity contribution in [2.75, 3.05) is 0 Å². The molecule has 2 aromatic rings. The topological polar surface area (TPSA) is 90.2 Å². The van der Waals surface area contributed by atoms with Gasteiger partial charge in [0, 0.05) is 11.4 Å². The number of nitrogens with zero attached hydrogens (tertiary/aromatic N) is 1. The molecule has 0 spiro atoms. The molecule has 1 fully saturated rings. The molecule has 5 nitrogen and oxygen atoms in total. The van der Waals surface area contributed by atoms with E-state index in [0.29, 0.717) is 11.4 Å². The zero-order valence-corrected chi connectivity index (χ0v) is 15.3. The van der Waals surface area contributed by atoms with E-state index in [1.54, 1.807) is 6.07 Å². The van der Waals surface area contributed by atoms with Gasteiger partial charge in [-0.25, -0.2) is 0 Å². The first-order valence-corrected chi connectivity index (χ1v) is 9.66. The van der Waals surface area contributed by atoms with Crippen LogP contribution in [0.15, 0.2) is 48.6 Å². The van der Waals surface area contributed by atoms with Crippen molar-refractivity contribution in [1.29, 1.82) is 5.26 Å². The van der Waals surface area contributed by atoms with E-state index in [4.69, 9.17) is 5.26 Å². The predicted molar refractivity (Wildman–Crippen MR) is 102 cm³/mol. The number of carboxylic acid groups (broad SMARTS) is 1. The lowest BCUT2D eigenvalue weighted by molar-refractivity contribution is -0.147. The van der Waals surface area contributed by atoms with Crippen LogP contribution in [0, 0.1) is 35.0 Å². The second-order valence-corrected chi connectivity index (χ2v) is 8.12. The average Bonchev–Trinajstić information content (AvgIpc) is 3.41. The smallest absolute Gasteiger partial charge is 0.307 e. The zero-order valence-electron chi connectivity index (χ0n) is 14.5. The number of aliphatic carboxylic acids is 1. The maximum absolute atomic E-state index is 12.7. The van der Waals surface area contributed by atoms with E-state index >= 15 is 0 Å². The molecule has 0 saturated heterocycles. The molecule has 4 atom stereocenters.